The summed E-state index contributed by atoms with van der Waals surface area (Å²) >= 11 is 13.4. The van der Waals surface area contributed by atoms with Crippen molar-refractivity contribution >= 4 is 51.6 Å². The summed E-state index contributed by atoms with van der Waals surface area (Å²) in [5.74, 6) is -0.373. The van der Waals surface area contributed by atoms with E-state index in [9.17, 15) is 10.1 Å². The molecule has 0 spiro atoms. The third-order valence-corrected chi connectivity index (χ3v) is 6.69. The van der Waals surface area contributed by atoms with Crippen molar-refractivity contribution in [1.29, 1.82) is 5.26 Å². The topological polar surface area (TPSA) is 62.6 Å². The van der Waals surface area contributed by atoms with Crippen LogP contribution in [-0.2, 0) is 15.9 Å². The molecule has 0 saturated carbocycles. The van der Waals surface area contributed by atoms with Crippen LogP contribution in [0.15, 0.2) is 24.3 Å². The quantitative estimate of drug-likeness (QED) is 0.499. The van der Waals surface area contributed by atoms with Crippen LogP contribution >= 0.6 is 34.5 Å². The Balaban J connectivity index is 1.82. The molecular formula is C22H22Cl2N2O3S. The lowest BCUT2D eigenvalue weighted by molar-refractivity contribution is 0.0531. The Kier molecular flexibility index (Phi) is 8.17. The number of benzene rings is 1. The van der Waals surface area contributed by atoms with Crippen LogP contribution in [0.1, 0.15) is 39.7 Å². The number of rotatable bonds is 7. The van der Waals surface area contributed by atoms with Crippen LogP contribution in [0.3, 0.4) is 0 Å². The number of nitrogens with zero attached hydrogens (tertiary/aromatic N) is 2. The average Bonchev–Trinajstić information content (AvgIpc) is 3.13. The predicted molar refractivity (Wildman–Crippen MR) is 122 cm³/mol. The first kappa shape index (κ1) is 22.6. The summed E-state index contributed by atoms with van der Waals surface area (Å²) in [5.41, 5.74) is 2.25. The van der Waals surface area contributed by atoms with E-state index in [2.05, 4.69) is 11.0 Å². The Labute approximate surface area is 190 Å². The van der Waals surface area contributed by atoms with E-state index in [0.717, 1.165) is 16.1 Å². The lowest BCUT2D eigenvalue weighted by atomic mass is 10.0. The number of carbonyl (C=O) groups is 1. The molecular weight excluding hydrogens is 443 g/mol. The molecule has 2 heterocycles. The number of halogens is 2. The number of morpholine rings is 1. The molecule has 8 heteroatoms. The zero-order valence-corrected chi connectivity index (χ0v) is 18.9. The summed E-state index contributed by atoms with van der Waals surface area (Å²) in [6, 6.07) is 7.75. The van der Waals surface area contributed by atoms with Gasteiger partial charge in [-0.2, -0.15) is 5.26 Å². The number of esters is 1. The second kappa shape index (κ2) is 10.8. The van der Waals surface area contributed by atoms with Gasteiger partial charge in [-0.25, -0.2) is 4.79 Å². The molecule has 0 atom stereocenters. The number of ether oxygens (including phenoxy) is 2. The van der Waals surface area contributed by atoms with E-state index < -0.39 is 0 Å². The Bertz CT molecular complexity index is 975. The lowest BCUT2D eigenvalue weighted by Gasteiger charge is -2.27. The van der Waals surface area contributed by atoms with Gasteiger partial charge in [-0.05, 0) is 43.0 Å². The number of anilines is 1. The van der Waals surface area contributed by atoms with Crippen LogP contribution < -0.4 is 4.90 Å². The highest BCUT2D eigenvalue weighted by molar-refractivity contribution is 7.18. The van der Waals surface area contributed by atoms with Crippen molar-refractivity contribution in [2.24, 2.45) is 0 Å². The monoisotopic (exact) mass is 464 g/mol. The number of thiophene rings is 1. The van der Waals surface area contributed by atoms with Crippen LogP contribution in [0.25, 0.3) is 6.08 Å². The van der Waals surface area contributed by atoms with Crippen molar-refractivity contribution in [3.8, 4) is 6.07 Å². The van der Waals surface area contributed by atoms with E-state index in [1.54, 1.807) is 19.1 Å². The number of hydrogen-bond acceptors (Lipinski definition) is 6. The van der Waals surface area contributed by atoms with Crippen LogP contribution in [-0.4, -0.2) is 38.9 Å². The normalized spacial score (nSPS) is 14.1. The van der Waals surface area contributed by atoms with Gasteiger partial charge in [-0.1, -0.05) is 41.4 Å². The Morgan fingerprint density at radius 2 is 2.10 bits per heavy atom. The van der Waals surface area contributed by atoms with Gasteiger partial charge >= 0.3 is 5.97 Å². The van der Waals surface area contributed by atoms with E-state index in [0.29, 0.717) is 66.2 Å². The van der Waals surface area contributed by atoms with E-state index in [1.165, 1.54) is 11.3 Å². The molecule has 1 aromatic heterocycles. The van der Waals surface area contributed by atoms with Gasteiger partial charge < -0.3 is 14.4 Å². The van der Waals surface area contributed by atoms with Gasteiger partial charge in [0.15, 0.2) is 0 Å². The zero-order chi connectivity index (χ0) is 21.5. The number of carbonyl (C=O) groups excluding carboxylic acids is 1. The van der Waals surface area contributed by atoms with Gasteiger partial charge in [-0.3, -0.25) is 0 Å². The fourth-order valence-corrected chi connectivity index (χ4v) is 4.77. The summed E-state index contributed by atoms with van der Waals surface area (Å²) in [4.78, 5) is 15.2. The molecule has 1 aliphatic rings. The first-order valence-electron chi connectivity index (χ1n) is 9.72. The second-order valence-corrected chi connectivity index (χ2v) is 8.45. The van der Waals surface area contributed by atoms with E-state index in [1.807, 2.05) is 18.2 Å². The van der Waals surface area contributed by atoms with Crippen molar-refractivity contribution in [2.45, 2.75) is 19.8 Å². The summed E-state index contributed by atoms with van der Waals surface area (Å²) in [7, 11) is 0. The van der Waals surface area contributed by atoms with E-state index in [4.69, 9.17) is 32.7 Å². The third-order valence-electron chi connectivity index (χ3n) is 4.67. The number of nitriles is 1. The van der Waals surface area contributed by atoms with Gasteiger partial charge in [0.25, 0.3) is 0 Å². The largest absolute Gasteiger partial charge is 0.462 e. The summed E-state index contributed by atoms with van der Waals surface area (Å²) < 4.78 is 10.7. The molecule has 1 saturated heterocycles. The molecule has 0 amide bonds. The van der Waals surface area contributed by atoms with Crippen molar-refractivity contribution < 1.29 is 14.3 Å². The molecule has 0 bridgehead atoms. The molecule has 0 N–H and O–H groups in total. The highest BCUT2D eigenvalue weighted by atomic mass is 35.5. The molecule has 3 rings (SSSR count). The Hall–Kier alpha value is -2.04. The molecule has 5 nitrogen and oxygen atoms in total. The van der Waals surface area contributed by atoms with Gasteiger partial charge in [0, 0.05) is 13.1 Å². The molecule has 2 aromatic rings. The van der Waals surface area contributed by atoms with Gasteiger partial charge in [0.05, 0.1) is 35.4 Å². The van der Waals surface area contributed by atoms with Crippen LogP contribution in [0.4, 0.5) is 5.00 Å². The molecule has 0 radical (unpaired) electrons. The predicted octanol–water partition coefficient (Wildman–Crippen LogP) is 5.59. The Morgan fingerprint density at radius 3 is 2.77 bits per heavy atom. The van der Waals surface area contributed by atoms with Gasteiger partial charge in [-0.15, -0.1) is 11.3 Å². The average molecular weight is 465 g/mol. The van der Waals surface area contributed by atoms with Crippen LogP contribution in [0.5, 0.6) is 0 Å². The van der Waals surface area contributed by atoms with E-state index >= 15 is 0 Å². The molecule has 1 aromatic carbocycles. The molecule has 30 heavy (non-hydrogen) atoms. The van der Waals surface area contributed by atoms with Gasteiger partial charge in [0.2, 0.25) is 0 Å². The molecule has 1 fully saturated rings. The first-order valence-corrected chi connectivity index (χ1v) is 11.3. The summed E-state index contributed by atoms with van der Waals surface area (Å²) in [6.07, 6.45) is 5.19. The Morgan fingerprint density at radius 1 is 1.33 bits per heavy atom. The zero-order valence-electron chi connectivity index (χ0n) is 16.6. The lowest BCUT2D eigenvalue weighted by Crippen LogP contribution is -2.36. The van der Waals surface area contributed by atoms with Crippen molar-refractivity contribution in [1.82, 2.24) is 0 Å². The minimum Gasteiger partial charge on any atom is -0.462 e. The summed E-state index contributed by atoms with van der Waals surface area (Å²) in [6.45, 7) is 4.70. The first-order chi connectivity index (χ1) is 14.5. The minimum atomic E-state index is -0.373. The molecule has 0 aliphatic carbocycles. The minimum absolute atomic E-state index is 0.294. The van der Waals surface area contributed by atoms with Crippen LogP contribution in [0, 0.1) is 11.3 Å². The number of hydrogen-bond donors (Lipinski definition) is 0. The smallest absolute Gasteiger partial charge is 0.348 e. The SMILES string of the molecule is CCOC(=O)c1sc(N2CCOCC2)c(C#N)c1CCC=Cc1ccc(Cl)c(Cl)c1. The fourth-order valence-electron chi connectivity index (χ4n) is 3.22. The van der Waals surface area contributed by atoms with Crippen molar-refractivity contribution in [3.05, 3.63) is 55.9 Å². The highest BCUT2D eigenvalue weighted by Gasteiger charge is 2.27. The van der Waals surface area contributed by atoms with Crippen molar-refractivity contribution in [2.75, 3.05) is 37.8 Å². The molecule has 0 unspecified atom stereocenters. The maximum Gasteiger partial charge on any atom is 0.348 e. The fraction of sp³-hybridized carbons (Fsp3) is 0.364. The van der Waals surface area contributed by atoms with E-state index in [-0.39, 0.29) is 5.97 Å². The standard InChI is InChI=1S/C22H22Cl2N2O3S/c1-2-29-22(27)20-16(6-4-3-5-15-7-8-18(23)19(24)13-15)17(14-25)21(30-20)26-9-11-28-12-10-26/h3,5,7-8,13H,2,4,6,9-12H2,1H3. The molecule has 158 valence electrons. The van der Waals surface area contributed by atoms with Gasteiger partial charge in [0.1, 0.15) is 15.9 Å². The highest BCUT2D eigenvalue weighted by Crippen LogP contribution is 2.37. The molecule has 1 aliphatic heterocycles. The summed E-state index contributed by atoms with van der Waals surface area (Å²) in [5, 5.41) is 11.7. The third kappa shape index (κ3) is 5.35. The maximum atomic E-state index is 12.5. The maximum absolute atomic E-state index is 12.5. The second-order valence-electron chi connectivity index (χ2n) is 6.64. The van der Waals surface area contributed by atoms with Crippen molar-refractivity contribution in [3.63, 3.8) is 0 Å². The van der Waals surface area contributed by atoms with Crippen LogP contribution in [0.2, 0.25) is 10.0 Å². The number of allylic oxidation sites excluding steroid dienone is 1.